The van der Waals surface area contributed by atoms with Gasteiger partial charge in [-0.3, -0.25) is 14.2 Å². The summed E-state index contributed by atoms with van der Waals surface area (Å²) in [6.07, 6.45) is 0. The highest BCUT2D eigenvalue weighted by Gasteiger charge is 2.19. The SMILES string of the molecule is O=C(CSc1nc2c(oc3ccccc32)c(=O)n1Cc1ccc(F)cc1)Nc1ccc(F)cc1. The lowest BCUT2D eigenvalue weighted by Gasteiger charge is -2.12. The minimum Gasteiger partial charge on any atom is -0.448 e. The molecule has 0 bridgehead atoms. The van der Waals surface area contributed by atoms with Gasteiger partial charge >= 0.3 is 0 Å². The first-order chi connectivity index (χ1) is 16.5. The molecule has 0 spiro atoms. The van der Waals surface area contributed by atoms with E-state index >= 15 is 0 Å². The van der Waals surface area contributed by atoms with Crippen LogP contribution in [0.3, 0.4) is 0 Å². The Morgan fingerprint density at radius 1 is 0.971 bits per heavy atom. The molecule has 0 aliphatic carbocycles. The molecular weight excluding hydrogens is 460 g/mol. The third kappa shape index (κ3) is 4.42. The van der Waals surface area contributed by atoms with Crippen LogP contribution in [0.4, 0.5) is 14.5 Å². The molecule has 0 radical (unpaired) electrons. The number of hydrogen-bond donors (Lipinski definition) is 1. The smallest absolute Gasteiger partial charge is 0.298 e. The van der Waals surface area contributed by atoms with E-state index in [-0.39, 0.29) is 29.6 Å². The van der Waals surface area contributed by atoms with E-state index in [1.54, 1.807) is 24.3 Å². The number of aromatic nitrogens is 2. The first-order valence-electron chi connectivity index (χ1n) is 10.3. The number of nitrogens with one attached hydrogen (secondary N) is 1. The average molecular weight is 477 g/mol. The van der Waals surface area contributed by atoms with Gasteiger partial charge in [0.25, 0.3) is 5.56 Å². The predicted octanol–water partition coefficient (Wildman–Crippen LogP) is 5.20. The first kappa shape index (κ1) is 21.8. The molecule has 2 aromatic heterocycles. The molecule has 0 atom stereocenters. The molecule has 0 fully saturated rings. The zero-order chi connectivity index (χ0) is 23.7. The number of carbonyl (C=O) groups excluding carboxylic acids is 1. The Labute approximate surface area is 196 Å². The van der Waals surface area contributed by atoms with Gasteiger partial charge in [-0.05, 0) is 54.1 Å². The largest absolute Gasteiger partial charge is 0.448 e. The molecule has 0 aliphatic rings. The van der Waals surface area contributed by atoms with E-state index in [9.17, 15) is 18.4 Å². The number of furan rings is 1. The molecule has 1 amide bonds. The van der Waals surface area contributed by atoms with Gasteiger partial charge in [0.2, 0.25) is 11.5 Å². The third-order valence-electron chi connectivity index (χ3n) is 5.16. The maximum atomic E-state index is 13.4. The van der Waals surface area contributed by atoms with Crippen LogP contribution in [0.2, 0.25) is 0 Å². The van der Waals surface area contributed by atoms with Crippen LogP contribution < -0.4 is 10.9 Å². The number of hydrogen-bond acceptors (Lipinski definition) is 5. The second kappa shape index (κ2) is 9.11. The van der Waals surface area contributed by atoms with Gasteiger partial charge in [-0.2, -0.15) is 0 Å². The average Bonchev–Trinajstić information content (AvgIpc) is 3.21. The summed E-state index contributed by atoms with van der Waals surface area (Å²) < 4.78 is 33.6. The van der Waals surface area contributed by atoms with Crippen molar-refractivity contribution in [2.75, 3.05) is 11.1 Å². The van der Waals surface area contributed by atoms with Crippen molar-refractivity contribution in [1.82, 2.24) is 9.55 Å². The molecule has 3 aromatic carbocycles. The number of halogens is 2. The number of amides is 1. The van der Waals surface area contributed by atoms with Crippen molar-refractivity contribution in [2.24, 2.45) is 0 Å². The maximum Gasteiger partial charge on any atom is 0.298 e. The number of anilines is 1. The van der Waals surface area contributed by atoms with Crippen molar-refractivity contribution in [2.45, 2.75) is 11.7 Å². The zero-order valence-corrected chi connectivity index (χ0v) is 18.4. The summed E-state index contributed by atoms with van der Waals surface area (Å²) in [5.74, 6) is -1.15. The number of para-hydroxylation sites is 1. The summed E-state index contributed by atoms with van der Waals surface area (Å²) in [4.78, 5) is 30.5. The van der Waals surface area contributed by atoms with E-state index in [2.05, 4.69) is 10.3 Å². The lowest BCUT2D eigenvalue weighted by molar-refractivity contribution is -0.113. The standard InChI is InChI=1S/C25H17F2N3O3S/c26-16-7-5-15(6-8-16)13-30-24(32)23-22(19-3-1-2-4-20(19)33-23)29-25(30)34-14-21(31)28-18-11-9-17(27)10-12-18/h1-12H,13-14H2,(H,28,31). The Kier molecular flexibility index (Phi) is 5.85. The molecule has 6 nitrogen and oxygen atoms in total. The summed E-state index contributed by atoms with van der Waals surface area (Å²) in [5, 5.41) is 3.71. The van der Waals surface area contributed by atoms with Crippen LogP contribution in [0, 0.1) is 11.6 Å². The van der Waals surface area contributed by atoms with Gasteiger partial charge in [0.1, 0.15) is 22.7 Å². The Balaban J connectivity index is 1.50. The Morgan fingerprint density at radius 3 is 2.38 bits per heavy atom. The predicted molar refractivity (Wildman–Crippen MR) is 127 cm³/mol. The number of fused-ring (bicyclic) bond motifs is 3. The van der Waals surface area contributed by atoms with E-state index in [4.69, 9.17) is 4.42 Å². The quantitative estimate of drug-likeness (QED) is 0.269. The number of carbonyl (C=O) groups is 1. The van der Waals surface area contributed by atoms with E-state index in [0.29, 0.717) is 32.9 Å². The highest BCUT2D eigenvalue weighted by Crippen LogP contribution is 2.27. The van der Waals surface area contributed by atoms with E-state index in [1.807, 2.05) is 12.1 Å². The van der Waals surface area contributed by atoms with Gasteiger partial charge < -0.3 is 9.73 Å². The number of thioether (sulfide) groups is 1. The second-order valence-corrected chi connectivity index (χ2v) is 8.47. The molecule has 2 heterocycles. The molecule has 0 aliphatic heterocycles. The van der Waals surface area contributed by atoms with Gasteiger partial charge in [0.05, 0.1) is 12.3 Å². The van der Waals surface area contributed by atoms with E-state index < -0.39 is 11.4 Å². The van der Waals surface area contributed by atoms with Crippen LogP contribution in [-0.2, 0) is 11.3 Å². The summed E-state index contributed by atoms with van der Waals surface area (Å²) in [6.45, 7) is 0.126. The number of rotatable bonds is 6. The van der Waals surface area contributed by atoms with Gasteiger partial charge in [-0.15, -0.1) is 0 Å². The van der Waals surface area contributed by atoms with Gasteiger partial charge in [-0.1, -0.05) is 36.0 Å². The van der Waals surface area contributed by atoms with Crippen LogP contribution in [-0.4, -0.2) is 21.2 Å². The van der Waals surface area contributed by atoms with Gasteiger partial charge in [-0.25, -0.2) is 13.8 Å². The van der Waals surface area contributed by atoms with Gasteiger partial charge in [0, 0.05) is 11.1 Å². The van der Waals surface area contributed by atoms with Crippen LogP contribution in [0.5, 0.6) is 0 Å². The minimum absolute atomic E-state index is 0.0332. The summed E-state index contributed by atoms with van der Waals surface area (Å²) in [5.41, 5.74) is 1.82. The topological polar surface area (TPSA) is 77.1 Å². The van der Waals surface area contributed by atoms with E-state index in [1.165, 1.54) is 41.0 Å². The van der Waals surface area contributed by atoms with Crippen molar-refractivity contribution in [3.05, 3.63) is 100 Å². The normalized spacial score (nSPS) is 11.2. The Bertz CT molecular complexity index is 1560. The molecule has 5 rings (SSSR count). The highest BCUT2D eigenvalue weighted by atomic mass is 32.2. The summed E-state index contributed by atoms with van der Waals surface area (Å²) in [7, 11) is 0. The lowest BCUT2D eigenvalue weighted by Crippen LogP contribution is -2.24. The minimum atomic E-state index is -0.401. The van der Waals surface area contributed by atoms with Crippen molar-refractivity contribution in [1.29, 1.82) is 0 Å². The van der Waals surface area contributed by atoms with Crippen molar-refractivity contribution in [3.8, 4) is 0 Å². The fourth-order valence-corrected chi connectivity index (χ4v) is 4.33. The first-order valence-corrected chi connectivity index (χ1v) is 11.3. The lowest BCUT2D eigenvalue weighted by atomic mass is 10.2. The molecule has 34 heavy (non-hydrogen) atoms. The molecule has 170 valence electrons. The summed E-state index contributed by atoms with van der Waals surface area (Å²) >= 11 is 1.09. The van der Waals surface area contributed by atoms with Crippen LogP contribution in [0.25, 0.3) is 22.1 Å². The van der Waals surface area contributed by atoms with Crippen molar-refractivity contribution < 1.29 is 18.0 Å². The van der Waals surface area contributed by atoms with Gasteiger partial charge in [0.15, 0.2) is 5.16 Å². The molecule has 0 saturated heterocycles. The van der Waals surface area contributed by atoms with Crippen LogP contribution >= 0.6 is 11.8 Å². The summed E-state index contributed by atoms with van der Waals surface area (Å²) in [6, 6.07) is 18.4. The third-order valence-corrected chi connectivity index (χ3v) is 6.14. The molecule has 5 aromatic rings. The zero-order valence-electron chi connectivity index (χ0n) is 17.6. The van der Waals surface area contributed by atoms with Crippen LogP contribution in [0.15, 0.2) is 87.2 Å². The van der Waals surface area contributed by atoms with E-state index in [0.717, 1.165) is 11.8 Å². The van der Waals surface area contributed by atoms with Crippen molar-refractivity contribution >= 4 is 45.4 Å². The molecule has 0 saturated carbocycles. The Hall–Kier alpha value is -3.98. The second-order valence-electron chi connectivity index (χ2n) is 7.53. The number of benzene rings is 3. The van der Waals surface area contributed by atoms with Crippen LogP contribution in [0.1, 0.15) is 5.56 Å². The fourth-order valence-electron chi connectivity index (χ4n) is 3.54. The molecule has 9 heteroatoms. The highest BCUT2D eigenvalue weighted by molar-refractivity contribution is 7.99. The monoisotopic (exact) mass is 477 g/mol. The number of nitrogens with zero attached hydrogens (tertiary/aromatic N) is 2. The Morgan fingerprint density at radius 2 is 1.65 bits per heavy atom. The fraction of sp³-hybridized carbons (Fsp3) is 0.0800. The van der Waals surface area contributed by atoms with Crippen molar-refractivity contribution in [3.63, 3.8) is 0 Å². The molecular formula is C25H17F2N3O3S. The molecule has 0 unspecified atom stereocenters. The molecule has 1 N–H and O–H groups in total. The maximum absolute atomic E-state index is 13.4.